The van der Waals surface area contributed by atoms with Gasteiger partial charge < -0.3 is 5.11 Å². The van der Waals surface area contributed by atoms with Crippen LogP contribution in [-0.4, -0.2) is 16.7 Å². The van der Waals surface area contributed by atoms with Crippen LogP contribution in [0.4, 0.5) is 4.39 Å². The van der Waals surface area contributed by atoms with Gasteiger partial charge in [-0.1, -0.05) is 38.2 Å². The Morgan fingerprint density at radius 3 is 2.53 bits per heavy atom. The lowest BCUT2D eigenvalue weighted by Crippen LogP contribution is -2.35. The zero-order chi connectivity index (χ0) is 11.3. The van der Waals surface area contributed by atoms with Crippen molar-refractivity contribution < 1.29 is 14.3 Å². The number of carboxylic acid groups (broad SMARTS) is 1. The van der Waals surface area contributed by atoms with E-state index in [1.807, 2.05) is 0 Å². The van der Waals surface area contributed by atoms with Gasteiger partial charge in [-0.15, -0.1) is 6.58 Å². The number of hydrogen-bond acceptors (Lipinski definition) is 1. The minimum absolute atomic E-state index is 0.0845. The molecule has 1 atom stereocenters. The fourth-order valence-corrected chi connectivity index (χ4v) is 2.34. The molecule has 15 heavy (non-hydrogen) atoms. The summed E-state index contributed by atoms with van der Waals surface area (Å²) in [5.41, 5.74) is -2.09. The van der Waals surface area contributed by atoms with Crippen LogP contribution in [0.3, 0.4) is 0 Å². The van der Waals surface area contributed by atoms with E-state index in [2.05, 4.69) is 6.58 Å². The largest absolute Gasteiger partial charge is 0.479 e. The van der Waals surface area contributed by atoms with Crippen LogP contribution in [0.15, 0.2) is 12.7 Å². The quantitative estimate of drug-likeness (QED) is 0.713. The Labute approximate surface area is 90.2 Å². The standard InChI is InChI=1S/C12H19FO2/c1-2-8-12(13,11(14)15)9-10-6-4-3-5-7-10/h2,10H,1,3-9H2,(H,14,15). The summed E-state index contributed by atoms with van der Waals surface area (Å²) in [6, 6.07) is 0. The molecule has 1 N–H and O–H groups in total. The second kappa shape index (κ2) is 5.29. The minimum Gasteiger partial charge on any atom is -0.479 e. The summed E-state index contributed by atoms with van der Waals surface area (Å²) in [7, 11) is 0. The third-order valence-electron chi connectivity index (χ3n) is 3.19. The van der Waals surface area contributed by atoms with Crippen molar-refractivity contribution in [3.05, 3.63) is 12.7 Å². The Morgan fingerprint density at radius 2 is 2.07 bits per heavy atom. The van der Waals surface area contributed by atoms with E-state index in [1.54, 1.807) is 0 Å². The van der Waals surface area contributed by atoms with Crippen LogP contribution in [0.1, 0.15) is 44.9 Å². The first-order valence-electron chi connectivity index (χ1n) is 5.62. The van der Waals surface area contributed by atoms with E-state index in [4.69, 9.17) is 5.11 Å². The monoisotopic (exact) mass is 214 g/mol. The molecule has 3 heteroatoms. The van der Waals surface area contributed by atoms with Crippen molar-refractivity contribution in [3.8, 4) is 0 Å². The highest BCUT2D eigenvalue weighted by molar-refractivity contribution is 5.77. The van der Waals surface area contributed by atoms with E-state index in [-0.39, 0.29) is 18.8 Å². The molecule has 0 aromatic rings. The predicted octanol–water partition coefficient (Wildman–Crippen LogP) is 3.33. The molecular weight excluding hydrogens is 195 g/mol. The maximum absolute atomic E-state index is 14.0. The van der Waals surface area contributed by atoms with Crippen LogP contribution in [0.25, 0.3) is 0 Å². The highest BCUT2D eigenvalue weighted by Gasteiger charge is 2.39. The molecule has 1 fully saturated rings. The summed E-state index contributed by atoms with van der Waals surface area (Å²) < 4.78 is 14.0. The molecule has 86 valence electrons. The summed E-state index contributed by atoms with van der Waals surface area (Å²) in [6.45, 7) is 3.42. The number of rotatable bonds is 5. The average Bonchev–Trinajstić information content (AvgIpc) is 2.19. The maximum atomic E-state index is 14.0. The van der Waals surface area contributed by atoms with Gasteiger partial charge in [0.15, 0.2) is 0 Å². The van der Waals surface area contributed by atoms with Gasteiger partial charge in [0.25, 0.3) is 0 Å². The molecule has 2 nitrogen and oxygen atoms in total. The average molecular weight is 214 g/mol. The number of carboxylic acids is 1. The summed E-state index contributed by atoms with van der Waals surface area (Å²) in [6.07, 6.45) is 6.77. The first-order valence-corrected chi connectivity index (χ1v) is 5.62. The van der Waals surface area contributed by atoms with Crippen molar-refractivity contribution in [2.24, 2.45) is 5.92 Å². The zero-order valence-corrected chi connectivity index (χ0v) is 9.04. The summed E-state index contributed by atoms with van der Waals surface area (Å²) in [4.78, 5) is 10.9. The lowest BCUT2D eigenvalue weighted by atomic mass is 9.80. The van der Waals surface area contributed by atoms with Crippen LogP contribution in [0, 0.1) is 5.92 Å². The number of allylic oxidation sites excluding steroid dienone is 1. The van der Waals surface area contributed by atoms with Crippen LogP contribution < -0.4 is 0 Å². The first kappa shape index (κ1) is 12.2. The van der Waals surface area contributed by atoms with Crippen LogP contribution >= 0.6 is 0 Å². The number of carbonyl (C=O) groups is 1. The summed E-state index contributed by atoms with van der Waals surface area (Å²) in [5.74, 6) is -1.10. The Hall–Kier alpha value is -0.860. The number of alkyl halides is 1. The molecule has 0 aliphatic heterocycles. The van der Waals surface area contributed by atoms with E-state index in [0.29, 0.717) is 0 Å². The SMILES string of the molecule is C=CCC(F)(CC1CCCCC1)C(=O)O. The normalized spacial score (nSPS) is 21.9. The molecule has 0 bridgehead atoms. The molecule has 0 aromatic carbocycles. The highest BCUT2D eigenvalue weighted by atomic mass is 19.1. The topological polar surface area (TPSA) is 37.3 Å². The Balaban J connectivity index is 2.56. The third kappa shape index (κ3) is 3.33. The lowest BCUT2D eigenvalue weighted by Gasteiger charge is -2.27. The Kier molecular flexibility index (Phi) is 4.30. The van der Waals surface area contributed by atoms with Crippen molar-refractivity contribution in [3.63, 3.8) is 0 Å². The molecule has 1 saturated carbocycles. The van der Waals surface area contributed by atoms with Crippen molar-refractivity contribution >= 4 is 5.97 Å². The predicted molar refractivity (Wildman–Crippen MR) is 57.5 cm³/mol. The Bertz CT molecular complexity index is 234. The van der Waals surface area contributed by atoms with Crippen LogP contribution in [-0.2, 0) is 4.79 Å². The van der Waals surface area contributed by atoms with Crippen LogP contribution in [0.2, 0.25) is 0 Å². The Morgan fingerprint density at radius 1 is 1.47 bits per heavy atom. The first-order chi connectivity index (χ1) is 7.08. The molecule has 0 spiro atoms. The molecule has 0 saturated heterocycles. The van der Waals surface area contributed by atoms with Gasteiger partial charge in [-0.3, -0.25) is 0 Å². The summed E-state index contributed by atoms with van der Waals surface area (Å²) in [5, 5.41) is 8.87. The number of halogens is 1. The van der Waals surface area contributed by atoms with E-state index in [1.165, 1.54) is 12.5 Å². The van der Waals surface area contributed by atoms with Crippen molar-refractivity contribution in [2.75, 3.05) is 0 Å². The van der Waals surface area contributed by atoms with Gasteiger partial charge in [0.05, 0.1) is 0 Å². The fraction of sp³-hybridized carbons (Fsp3) is 0.750. The molecule has 0 amide bonds. The molecule has 0 heterocycles. The van der Waals surface area contributed by atoms with E-state index in [0.717, 1.165) is 25.7 Å². The van der Waals surface area contributed by atoms with Gasteiger partial charge in [-0.25, -0.2) is 9.18 Å². The summed E-state index contributed by atoms with van der Waals surface area (Å²) >= 11 is 0. The minimum atomic E-state index is -2.09. The van der Waals surface area contributed by atoms with Crippen LogP contribution in [0.5, 0.6) is 0 Å². The fourth-order valence-electron chi connectivity index (χ4n) is 2.34. The van der Waals surface area contributed by atoms with Gasteiger partial charge in [0, 0.05) is 6.42 Å². The smallest absolute Gasteiger partial charge is 0.341 e. The molecule has 0 radical (unpaired) electrons. The molecule has 1 rings (SSSR count). The molecule has 1 aliphatic rings. The van der Waals surface area contributed by atoms with Crippen molar-refractivity contribution in [2.45, 2.75) is 50.6 Å². The molecular formula is C12H19FO2. The van der Waals surface area contributed by atoms with Gasteiger partial charge in [0.1, 0.15) is 0 Å². The van der Waals surface area contributed by atoms with E-state index < -0.39 is 11.6 Å². The van der Waals surface area contributed by atoms with Gasteiger partial charge in [0.2, 0.25) is 5.67 Å². The zero-order valence-electron chi connectivity index (χ0n) is 9.04. The second-order valence-electron chi connectivity index (χ2n) is 4.47. The van der Waals surface area contributed by atoms with Crippen molar-refractivity contribution in [1.29, 1.82) is 0 Å². The maximum Gasteiger partial charge on any atom is 0.341 e. The molecule has 0 aromatic heterocycles. The number of aliphatic carboxylic acids is 1. The molecule has 1 unspecified atom stereocenters. The van der Waals surface area contributed by atoms with Crippen molar-refractivity contribution in [1.82, 2.24) is 0 Å². The lowest BCUT2D eigenvalue weighted by molar-refractivity contribution is -0.152. The van der Waals surface area contributed by atoms with E-state index >= 15 is 0 Å². The van der Waals surface area contributed by atoms with Gasteiger partial charge in [-0.05, 0) is 12.3 Å². The van der Waals surface area contributed by atoms with Gasteiger partial charge in [-0.2, -0.15) is 0 Å². The third-order valence-corrected chi connectivity index (χ3v) is 3.19. The molecule has 1 aliphatic carbocycles. The highest BCUT2D eigenvalue weighted by Crippen LogP contribution is 2.34. The van der Waals surface area contributed by atoms with Gasteiger partial charge >= 0.3 is 5.97 Å². The van der Waals surface area contributed by atoms with E-state index in [9.17, 15) is 9.18 Å². The number of hydrogen-bond donors (Lipinski definition) is 1. The second-order valence-corrected chi connectivity index (χ2v) is 4.47.